The molecule has 1 atom stereocenters. The quantitative estimate of drug-likeness (QED) is 0.430. The van der Waals surface area contributed by atoms with E-state index >= 15 is 0 Å². The Kier molecular flexibility index (Phi) is 6.03. The molecule has 160 valence electrons. The second-order valence-electron chi connectivity index (χ2n) is 6.57. The van der Waals surface area contributed by atoms with Gasteiger partial charge in [-0.3, -0.25) is 9.48 Å². The highest BCUT2D eigenvalue weighted by Gasteiger charge is 2.25. The van der Waals surface area contributed by atoms with Crippen molar-refractivity contribution < 1.29 is 18.1 Å². The summed E-state index contributed by atoms with van der Waals surface area (Å²) in [6, 6.07) is 4.31. The first-order chi connectivity index (χ1) is 14.8. The number of nitrogens with one attached hydrogen (secondary N) is 1. The van der Waals surface area contributed by atoms with Crippen molar-refractivity contribution in [1.29, 1.82) is 0 Å². The van der Waals surface area contributed by atoms with Crippen molar-refractivity contribution in [2.45, 2.75) is 5.92 Å². The SMILES string of the molecule is Cn1cc(C(CNC(=O)c2cc(-c3ccc(F)cc3F)no2)c2nsc(Cl)c2Cl)cn1. The summed E-state index contributed by atoms with van der Waals surface area (Å²) in [5, 5.41) is 10.9. The molecule has 31 heavy (non-hydrogen) atoms. The van der Waals surface area contributed by atoms with Crippen LogP contribution in [-0.2, 0) is 7.05 Å². The smallest absolute Gasteiger partial charge is 0.289 e. The van der Waals surface area contributed by atoms with Crippen LogP contribution >= 0.6 is 34.7 Å². The molecule has 0 fully saturated rings. The first-order valence-corrected chi connectivity index (χ1v) is 10.4. The fourth-order valence-corrected chi connectivity index (χ4v) is 4.08. The van der Waals surface area contributed by atoms with E-state index in [0.29, 0.717) is 15.1 Å². The zero-order valence-corrected chi connectivity index (χ0v) is 18.1. The van der Waals surface area contributed by atoms with Crippen LogP contribution in [0.15, 0.2) is 41.2 Å². The van der Waals surface area contributed by atoms with Gasteiger partial charge in [0.25, 0.3) is 5.91 Å². The number of carbonyl (C=O) groups excluding carboxylic acids is 1. The lowest BCUT2D eigenvalue weighted by Crippen LogP contribution is -2.28. The maximum atomic E-state index is 14.0. The Labute approximate surface area is 188 Å². The Morgan fingerprint density at radius 1 is 1.32 bits per heavy atom. The van der Waals surface area contributed by atoms with E-state index in [1.54, 1.807) is 24.1 Å². The van der Waals surface area contributed by atoms with E-state index in [1.165, 1.54) is 12.1 Å². The molecule has 4 rings (SSSR count). The third kappa shape index (κ3) is 4.46. The highest BCUT2D eigenvalue weighted by Crippen LogP contribution is 2.36. The largest absolute Gasteiger partial charge is 0.350 e. The molecule has 1 N–H and O–H groups in total. The molecule has 3 aromatic heterocycles. The molecular formula is C19H13Cl2F2N5O2S. The molecule has 0 spiro atoms. The van der Waals surface area contributed by atoms with Crippen molar-refractivity contribution in [2.24, 2.45) is 7.05 Å². The number of benzene rings is 1. The third-order valence-electron chi connectivity index (χ3n) is 4.49. The third-order valence-corrected chi connectivity index (χ3v) is 6.13. The number of aromatic nitrogens is 4. The van der Waals surface area contributed by atoms with Gasteiger partial charge in [-0.2, -0.15) is 9.47 Å². The topological polar surface area (TPSA) is 85.8 Å². The maximum Gasteiger partial charge on any atom is 0.289 e. The van der Waals surface area contributed by atoms with E-state index in [9.17, 15) is 13.6 Å². The van der Waals surface area contributed by atoms with Gasteiger partial charge in [-0.15, -0.1) is 0 Å². The molecular weight excluding hydrogens is 471 g/mol. The number of amides is 1. The molecule has 0 aliphatic carbocycles. The van der Waals surface area contributed by atoms with Gasteiger partial charge in [-0.1, -0.05) is 28.4 Å². The summed E-state index contributed by atoms with van der Waals surface area (Å²) in [5.41, 5.74) is 1.37. The standard InChI is InChI=1S/C19H13Cl2F2N5O2S/c1-28-8-9(6-25-28)12(17-16(20)18(21)31-27-17)7-24-19(29)15-5-14(26-30-15)11-3-2-10(22)4-13(11)23/h2-6,8,12H,7H2,1H3,(H,24,29). The normalized spacial score (nSPS) is 12.2. The zero-order chi connectivity index (χ0) is 22.1. The van der Waals surface area contributed by atoms with Gasteiger partial charge in [0.2, 0.25) is 5.76 Å². The molecule has 3 heterocycles. The number of rotatable bonds is 6. The fraction of sp³-hybridized carbons (Fsp3) is 0.158. The highest BCUT2D eigenvalue weighted by atomic mass is 35.5. The predicted octanol–water partition coefficient (Wildman–Crippen LogP) is 4.68. The van der Waals surface area contributed by atoms with E-state index < -0.39 is 23.5 Å². The summed E-state index contributed by atoms with van der Waals surface area (Å²) in [6.07, 6.45) is 3.43. The lowest BCUT2D eigenvalue weighted by Gasteiger charge is -2.14. The number of carbonyl (C=O) groups is 1. The summed E-state index contributed by atoms with van der Waals surface area (Å²) >= 11 is 13.4. The summed E-state index contributed by atoms with van der Waals surface area (Å²) in [7, 11) is 1.76. The van der Waals surface area contributed by atoms with E-state index in [4.69, 9.17) is 27.7 Å². The highest BCUT2D eigenvalue weighted by molar-refractivity contribution is 7.11. The summed E-state index contributed by atoms with van der Waals surface area (Å²) in [4.78, 5) is 12.6. The second kappa shape index (κ2) is 8.74. The first-order valence-electron chi connectivity index (χ1n) is 8.83. The van der Waals surface area contributed by atoms with Gasteiger partial charge in [0.05, 0.1) is 16.9 Å². The average Bonchev–Trinajstić information content (AvgIpc) is 3.45. The minimum atomic E-state index is -0.813. The summed E-state index contributed by atoms with van der Waals surface area (Å²) in [6.45, 7) is 0.116. The van der Waals surface area contributed by atoms with Crippen molar-refractivity contribution in [1.82, 2.24) is 24.6 Å². The van der Waals surface area contributed by atoms with Gasteiger partial charge < -0.3 is 9.84 Å². The number of aryl methyl sites for hydroxylation is 1. The van der Waals surface area contributed by atoms with Crippen LogP contribution in [0.2, 0.25) is 9.36 Å². The molecule has 0 saturated carbocycles. The van der Waals surface area contributed by atoms with Crippen molar-refractivity contribution in [2.75, 3.05) is 6.54 Å². The van der Waals surface area contributed by atoms with Crippen molar-refractivity contribution in [3.8, 4) is 11.3 Å². The van der Waals surface area contributed by atoms with E-state index in [-0.39, 0.29) is 23.6 Å². The molecule has 0 saturated heterocycles. The lowest BCUT2D eigenvalue weighted by atomic mass is 9.99. The van der Waals surface area contributed by atoms with Crippen LogP contribution in [0.5, 0.6) is 0 Å². The Morgan fingerprint density at radius 2 is 2.13 bits per heavy atom. The van der Waals surface area contributed by atoms with Crippen LogP contribution in [-0.4, -0.2) is 31.8 Å². The van der Waals surface area contributed by atoms with Gasteiger partial charge in [-0.05, 0) is 23.7 Å². The van der Waals surface area contributed by atoms with Crippen LogP contribution < -0.4 is 5.32 Å². The molecule has 4 aromatic rings. The van der Waals surface area contributed by atoms with E-state index in [2.05, 4.69) is 19.9 Å². The average molecular weight is 484 g/mol. The van der Waals surface area contributed by atoms with Crippen LogP contribution in [0.1, 0.15) is 27.7 Å². The van der Waals surface area contributed by atoms with E-state index in [1.807, 2.05) is 0 Å². The van der Waals surface area contributed by atoms with Crippen molar-refractivity contribution in [3.63, 3.8) is 0 Å². The van der Waals surface area contributed by atoms with Gasteiger partial charge in [0, 0.05) is 49.0 Å². The van der Waals surface area contributed by atoms with Gasteiger partial charge in [-0.25, -0.2) is 8.78 Å². The summed E-state index contributed by atoms with van der Waals surface area (Å²) < 4.78 is 38.4. The number of nitrogens with zero attached hydrogens (tertiary/aromatic N) is 4. The minimum absolute atomic E-state index is 0.0151. The Hall–Kier alpha value is -2.82. The van der Waals surface area contributed by atoms with Crippen molar-refractivity contribution >= 4 is 40.6 Å². The molecule has 0 bridgehead atoms. The Morgan fingerprint density at radius 3 is 2.77 bits per heavy atom. The maximum absolute atomic E-state index is 14.0. The lowest BCUT2D eigenvalue weighted by molar-refractivity contribution is 0.0915. The Balaban J connectivity index is 1.53. The molecule has 1 amide bonds. The molecule has 7 nitrogen and oxygen atoms in total. The van der Waals surface area contributed by atoms with Gasteiger partial charge >= 0.3 is 0 Å². The number of hydrogen-bond acceptors (Lipinski definition) is 6. The summed E-state index contributed by atoms with van der Waals surface area (Å²) in [5.74, 6) is -2.65. The molecule has 1 aromatic carbocycles. The first kappa shape index (κ1) is 21.4. The van der Waals surface area contributed by atoms with Gasteiger partial charge in [0.1, 0.15) is 21.7 Å². The van der Waals surface area contributed by atoms with E-state index in [0.717, 1.165) is 29.2 Å². The van der Waals surface area contributed by atoms with Crippen molar-refractivity contribution in [3.05, 3.63) is 74.7 Å². The number of hydrogen-bond donors (Lipinski definition) is 1. The molecule has 0 aliphatic heterocycles. The van der Waals surface area contributed by atoms with Crippen LogP contribution in [0, 0.1) is 11.6 Å². The zero-order valence-electron chi connectivity index (χ0n) is 15.8. The van der Waals surface area contributed by atoms with Crippen LogP contribution in [0.25, 0.3) is 11.3 Å². The number of halogens is 4. The molecule has 1 unspecified atom stereocenters. The van der Waals surface area contributed by atoms with Crippen LogP contribution in [0.3, 0.4) is 0 Å². The van der Waals surface area contributed by atoms with Crippen LogP contribution in [0.4, 0.5) is 8.78 Å². The molecule has 12 heteroatoms. The monoisotopic (exact) mass is 483 g/mol. The fourth-order valence-electron chi connectivity index (χ4n) is 2.97. The van der Waals surface area contributed by atoms with Gasteiger partial charge in [0.15, 0.2) is 0 Å². The minimum Gasteiger partial charge on any atom is -0.350 e. The Bertz CT molecular complexity index is 1260. The molecule has 0 aliphatic rings. The molecule has 0 radical (unpaired) electrons. The second-order valence-corrected chi connectivity index (χ2v) is 8.32. The predicted molar refractivity (Wildman–Crippen MR) is 111 cm³/mol.